The standard InChI is InChI=1S/C14H18N2O2/c1-2-5-18-14-10-16-13(8-12(14)9-15)11-3-6-17-7-4-11/h8,10-11H,2-7H2,1H3. The zero-order valence-electron chi connectivity index (χ0n) is 10.7. The topological polar surface area (TPSA) is 55.1 Å². The molecule has 0 aromatic carbocycles. The summed E-state index contributed by atoms with van der Waals surface area (Å²) in [6.45, 7) is 4.22. The summed E-state index contributed by atoms with van der Waals surface area (Å²) in [5.74, 6) is 1.00. The SMILES string of the molecule is CCCOc1cnc(C2CCOCC2)cc1C#N. The molecule has 1 aliphatic heterocycles. The van der Waals surface area contributed by atoms with E-state index in [0.717, 1.165) is 38.2 Å². The highest BCUT2D eigenvalue weighted by molar-refractivity contribution is 5.42. The maximum absolute atomic E-state index is 9.16. The second-order valence-electron chi connectivity index (χ2n) is 4.45. The van der Waals surface area contributed by atoms with Crippen molar-refractivity contribution in [3.05, 3.63) is 23.5 Å². The Kier molecular flexibility index (Phi) is 4.54. The van der Waals surface area contributed by atoms with E-state index in [9.17, 15) is 0 Å². The summed E-state index contributed by atoms with van der Waals surface area (Å²) in [6.07, 6.45) is 4.56. The van der Waals surface area contributed by atoms with Crippen molar-refractivity contribution in [1.29, 1.82) is 5.26 Å². The molecule has 2 rings (SSSR count). The molecule has 0 atom stereocenters. The lowest BCUT2D eigenvalue weighted by molar-refractivity contribution is 0.0845. The van der Waals surface area contributed by atoms with Crippen LogP contribution in [0.4, 0.5) is 0 Å². The van der Waals surface area contributed by atoms with Crippen LogP contribution >= 0.6 is 0 Å². The van der Waals surface area contributed by atoms with Gasteiger partial charge < -0.3 is 9.47 Å². The first-order valence-electron chi connectivity index (χ1n) is 6.45. The van der Waals surface area contributed by atoms with E-state index in [4.69, 9.17) is 14.7 Å². The second kappa shape index (κ2) is 6.36. The Morgan fingerprint density at radius 2 is 2.28 bits per heavy atom. The van der Waals surface area contributed by atoms with Gasteiger partial charge in [-0.15, -0.1) is 0 Å². The van der Waals surface area contributed by atoms with Crippen LogP contribution in [-0.4, -0.2) is 24.8 Å². The van der Waals surface area contributed by atoms with E-state index < -0.39 is 0 Å². The van der Waals surface area contributed by atoms with Gasteiger partial charge in [0.05, 0.1) is 18.4 Å². The fourth-order valence-electron chi connectivity index (χ4n) is 2.09. The van der Waals surface area contributed by atoms with Gasteiger partial charge in [-0.2, -0.15) is 5.26 Å². The Hall–Kier alpha value is -1.60. The molecular formula is C14H18N2O2. The van der Waals surface area contributed by atoms with Crippen LogP contribution in [0.15, 0.2) is 12.3 Å². The van der Waals surface area contributed by atoms with Gasteiger partial charge in [0, 0.05) is 24.8 Å². The summed E-state index contributed by atoms with van der Waals surface area (Å²) in [4.78, 5) is 4.43. The second-order valence-corrected chi connectivity index (χ2v) is 4.45. The zero-order valence-corrected chi connectivity index (χ0v) is 10.7. The lowest BCUT2D eigenvalue weighted by Crippen LogP contribution is -2.15. The summed E-state index contributed by atoms with van der Waals surface area (Å²) < 4.78 is 10.8. The highest BCUT2D eigenvalue weighted by Gasteiger charge is 2.18. The van der Waals surface area contributed by atoms with Crippen LogP contribution in [0.1, 0.15) is 43.4 Å². The van der Waals surface area contributed by atoms with E-state index in [1.165, 1.54) is 0 Å². The third-order valence-corrected chi connectivity index (χ3v) is 3.11. The highest BCUT2D eigenvalue weighted by Crippen LogP contribution is 2.28. The first kappa shape index (κ1) is 12.8. The fourth-order valence-corrected chi connectivity index (χ4v) is 2.09. The first-order valence-corrected chi connectivity index (χ1v) is 6.45. The summed E-state index contributed by atoms with van der Waals surface area (Å²) in [7, 11) is 0. The minimum Gasteiger partial charge on any atom is -0.491 e. The zero-order chi connectivity index (χ0) is 12.8. The van der Waals surface area contributed by atoms with Crippen molar-refractivity contribution in [1.82, 2.24) is 4.98 Å². The van der Waals surface area contributed by atoms with Crippen LogP contribution in [0.5, 0.6) is 5.75 Å². The molecule has 1 aromatic heterocycles. The molecule has 0 saturated carbocycles. The normalized spacial score (nSPS) is 16.2. The average molecular weight is 246 g/mol. The van der Waals surface area contributed by atoms with Crippen LogP contribution in [0.2, 0.25) is 0 Å². The predicted molar refractivity (Wildman–Crippen MR) is 67.5 cm³/mol. The minimum absolute atomic E-state index is 0.408. The lowest BCUT2D eigenvalue weighted by Gasteiger charge is -2.21. The van der Waals surface area contributed by atoms with Crippen LogP contribution in [-0.2, 0) is 4.74 Å². The maximum atomic E-state index is 9.16. The van der Waals surface area contributed by atoms with Crippen molar-refractivity contribution >= 4 is 0 Å². The summed E-state index contributed by atoms with van der Waals surface area (Å²) in [5, 5.41) is 9.16. The molecule has 0 amide bonds. The average Bonchev–Trinajstić information content (AvgIpc) is 2.46. The van der Waals surface area contributed by atoms with Gasteiger partial charge in [-0.3, -0.25) is 4.98 Å². The van der Waals surface area contributed by atoms with Crippen molar-refractivity contribution in [3.8, 4) is 11.8 Å². The van der Waals surface area contributed by atoms with E-state index in [2.05, 4.69) is 11.1 Å². The molecule has 2 heterocycles. The molecule has 96 valence electrons. The summed E-state index contributed by atoms with van der Waals surface area (Å²) in [6, 6.07) is 4.05. The van der Waals surface area contributed by atoms with Crippen molar-refractivity contribution in [2.45, 2.75) is 32.1 Å². The van der Waals surface area contributed by atoms with Crippen molar-refractivity contribution in [3.63, 3.8) is 0 Å². The number of nitrogens with zero attached hydrogens (tertiary/aromatic N) is 2. The molecule has 0 bridgehead atoms. The number of hydrogen-bond acceptors (Lipinski definition) is 4. The van der Waals surface area contributed by atoms with E-state index >= 15 is 0 Å². The molecule has 1 saturated heterocycles. The maximum Gasteiger partial charge on any atom is 0.155 e. The minimum atomic E-state index is 0.408. The van der Waals surface area contributed by atoms with Gasteiger partial charge >= 0.3 is 0 Å². The Labute approximate surface area is 108 Å². The van der Waals surface area contributed by atoms with Gasteiger partial charge in [-0.1, -0.05) is 6.92 Å². The van der Waals surface area contributed by atoms with E-state index in [1.54, 1.807) is 6.20 Å². The number of rotatable bonds is 4. The van der Waals surface area contributed by atoms with E-state index in [1.807, 2.05) is 13.0 Å². The summed E-state index contributed by atoms with van der Waals surface area (Å²) >= 11 is 0. The van der Waals surface area contributed by atoms with Gasteiger partial charge in [0.1, 0.15) is 6.07 Å². The molecule has 1 aliphatic rings. The van der Waals surface area contributed by atoms with Crippen LogP contribution < -0.4 is 4.74 Å². The van der Waals surface area contributed by atoms with Gasteiger partial charge in [0.15, 0.2) is 5.75 Å². The molecule has 0 N–H and O–H groups in total. The molecule has 4 nitrogen and oxygen atoms in total. The van der Waals surface area contributed by atoms with Crippen molar-refractivity contribution in [2.24, 2.45) is 0 Å². The van der Waals surface area contributed by atoms with Gasteiger partial charge in [0.25, 0.3) is 0 Å². The molecular weight excluding hydrogens is 228 g/mol. The van der Waals surface area contributed by atoms with Gasteiger partial charge in [-0.25, -0.2) is 0 Å². The molecule has 1 aromatic rings. The lowest BCUT2D eigenvalue weighted by atomic mass is 9.95. The van der Waals surface area contributed by atoms with E-state index in [-0.39, 0.29) is 0 Å². The molecule has 0 aliphatic carbocycles. The highest BCUT2D eigenvalue weighted by atomic mass is 16.5. The van der Waals surface area contributed by atoms with Crippen molar-refractivity contribution in [2.75, 3.05) is 19.8 Å². The van der Waals surface area contributed by atoms with Crippen molar-refractivity contribution < 1.29 is 9.47 Å². The number of pyridine rings is 1. The summed E-state index contributed by atoms with van der Waals surface area (Å²) in [5.41, 5.74) is 1.57. The Balaban J connectivity index is 2.16. The molecule has 0 unspecified atom stereocenters. The number of aromatic nitrogens is 1. The first-order chi connectivity index (χ1) is 8.85. The van der Waals surface area contributed by atoms with Crippen LogP contribution in [0.3, 0.4) is 0 Å². The molecule has 1 fully saturated rings. The Bertz CT molecular complexity index is 434. The van der Waals surface area contributed by atoms with Gasteiger partial charge in [0.2, 0.25) is 0 Å². The fraction of sp³-hybridized carbons (Fsp3) is 0.571. The van der Waals surface area contributed by atoms with Crippen LogP contribution in [0, 0.1) is 11.3 Å². The molecule has 4 heteroatoms. The predicted octanol–water partition coefficient (Wildman–Crippen LogP) is 2.64. The molecule has 0 spiro atoms. The quantitative estimate of drug-likeness (QED) is 0.819. The smallest absolute Gasteiger partial charge is 0.155 e. The molecule has 18 heavy (non-hydrogen) atoms. The monoisotopic (exact) mass is 246 g/mol. The largest absolute Gasteiger partial charge is 0.491 e. The third-order valence-electron chi connectivity index (χ3n) is 3.11. The molecule has 0 radical (unpaired) electrons. The number of ether oxygens (including phenoxy) is 2. The Morgan fingerprint density at radius 1 is 1.50 bits per heavy atom. The van der Waals surface area contributed by atoms with Crippen LogP contribution in [0.25, 0.3) is 0 Å². The Morgan fingerprint density at radius 3 is 2.94 bits per heavy atom. The number of hydrogen-bond donors (Lipinski definition) is 0. The third kappa shape index (κ3) is 2.99. The van der Waals surface area contributed by atoms with E-state index in [0.29, 0.717) is 23.8 Å². The van der Waals surface area contributed by atoms with Gasteiger partial charge in [-0.05, 0) is 25.3 Å². The number of nitriles is 1.